The molecule has 0 radical (unpaired) electrons. The van der Waals surface area contributed by atoms with Gasteiger partial charge >= 0.3 is 0 Å². The maximum Gasteiger partial charge on any atom is 0.191 e. The van der Waals surface area contributed by atoms with E-state index in [4.69, 9.17) is 9.73 Å². The normalized spacial score (nSPS) is 15.6. The molecule has 0 aliphatic heterocycles. The number of rotatable bonds is 8. The van der Waals surface area contributed by atoms with Gasteiger partial charge in [-0.05, 0) is 45.8 Å². The van der Waals surface area contributed by atoms with Crippen molar-refractivity contribution < 1.29 is 4.74 Å². The predicted molar refractivity (Wildman–Crippen MR) is 112 cm³/mol. The summed E-state index contributed by atoms with van der Waals surface area (Å²) >= 11 is 0. The van der Waals surface area contributed by atoms with Crippen molar-refractivity contribution in [1.29, 1.82) is 0 Å². The van der Waals surface area contributed by atoms with Gasteiger partial charge < -0.3 is 20.3 Å². The summed E-state index contributed by atoms with van der Waals surface area (Å²) in [6, 6.07) is 8.35. The number of guanidine groups is 1. The van der Waals surface area contributed by atoms with E-state index in [9.17, 15) is 0 Å². The standard InChI is InChI=1S/C18H30N4O.HI/c1-5-19-18(20-12-14-10-11-14)21-13-16(22(2)3)15-8-6-7-9-17(15)23-4;/h6-9,14,16H,5,10-13H2,1-4H3,(H2,19,20,21);1H. The molecule has 1 fully saturated rings. The molecule has 1 aliphatic carbocycles. The number of benzene rings is 1. The number of aliphatic imine (C=N–C) groups is 1. The molecule has 1 atom stereocenters. The number of ether oxygens (including phenoxy) is 1. The van der Waals surface area contributed by atoms with Crippen molar-refractivity contribution in [3.8, 4) is 5.75 Å². The van der Waals surface area contributed by atoms with Crippen LogP contribution < -0.4 is 15.4 Å². The van der Waals surface area contributed by atoms with E-state index < -0.39 is 0 Å². The van der Waals surface area contributed by atoms with E-state index in [2.05, 4.69) is 48.7 Å². The molecule has 1 aromatic rings. The van der Waals surface area contributed by atoms with E-state index in [1.165, 1.54) is 18.4 Å². The number of methoxy groups -OCH3 is 1. The molecule has 5 nitrogen and oxygen atoms in total. The minimum absolute atomic E-state index is 0. The summed E-state index contributed by atoms with van der Waals surface area (Å²) in [5, 5.41) is 6.78. The highest BCUT2D eigenvalue weighted by Crippen LogP contribution is 2.28. The molecule has 24 heavy (non-hydrogen) atoms. The summed E-state index contributed by atoms with van der Waals surface area (Å²) in [5.41, 5.74) is 1.17. The molecule has 0 spiro atoms. The third kappa shape index (κ3) is 6.47. The van der Waals surface area contributed by atoms with E-state index in [1.54, 1.807) is 7.11 Å². The lowest BCUT2D eigenvalue weighted by molar-refractivity contribution is 0.295. The van der Waals surface area contributed by atoms with Crippen molar-refractivity contribution >= 4 is 29.9 Å². The zero-order chi connectivity index (χ0) is 16.7. The summed E-state index contributed by atoms with van der Waals surface area (Å²) in [6.45, 7) is 4.68. The highest BCUT2D eigenvalue weighted by Gasteiger charge is 2.21. The monoisotopic (exact) mass is 446 g/mol. The number of likely N-dealkylation sites (N-methyl/N-ethyl adjacent to an activating group) is 1. The number of hydrogen-bond acceptors (Lipinski definition) is 3. The van der Waals surface area contributed by atoms with Crippen LogP contribution in [0.25, 0.3) is 0 Å². The smallest absolute Gasteiger partial charge is 0.191 e. The van der Waals surface area contributed by atoms with Gasteiger partial charge in [-0.3, -0.25) is 4.99 Å². The van der Waals surface area contributed by atoms with Crippen LogP contribution >= 0.6 is 24.0 Å². The fraction of sp³-hybridized carbons (Fsp3) is 0.611. The first-order chi connectivity index (χ1) is 11.2. The Morgan fingerprint density at radius 1 is 1.29 bits per heavy atom. The Hall–Kier alpha value is -1.02. The van der Waals surface area contributed by atoms with E-state index in [1.807, 2.05) is 12.1 Å². The van der Waals surface area contributed by atoms with Crippen molar-refractivity contribution in [3.05, 3.63) is 29.8 Å². The topological polar surface area (TPSA) is 48.9 Å². The average molecular weight is 446 g/mol. The van der Waals surface area contributed by atoms with E-state index in [-0.39, 0.29) is 30.0 Å². The third-order valence-corrected chi connectivity index (χ3v) is 4.14. The van der Waals surface area contributed by atoms with Crippen LogP contribution in [0.3, 0.4) is 0 Å². The lowest BCUT2D eigenvalue weighted by Crippen LogP contribution is -2.39. The van der Waals surface area contributed by atoms with Gasteiger partial charge in [0.05, 0.1) is 19.7 Å². The van der Waals surface area contributed by atoms with Crippen LogP contribution in [0.15, 0.2) is 29.3 Å². The van der Waals surface area contributed by atoms with Gasteiger partial charge in [0.2, 0.25) is 0 Å². The highest BCUT2D eigenvalue weighted by atomic mass is 127. The molecule has 0 amide bonds. The molecular formula is C18H31IN4O. The Morgan fingerprint density at radius 2 is 2.00 bits per heavy atom. The number of para-hydroxylation sites is 1. The van der Waals surface area contributed by atoms with E-state index in [0.29, 0.717) is 6.54 Å². The first-order valence-electron chi connectivity index (χ1n) is 8.47. The lowest BCUT2D eigenvalue weighted by Gasteiger charge is -2.25. The first kappa shape index (κ1) is 21.0. The molecule has 0 aromatic heterocycles. The van der Waals surface area contributed by atoms with Crippen molar-refractivity contribution in [2.75, 3.05) is 40.8 Å². The molecular weight excluding hydrogens is 415 g/mol. The molecule has 2 rings (SSSR count). The van der Waals surface area contributed by atoms with Gasteiger partial charge in [-0.25, -0.2) is 0 Å². The maximum atomic E-state index is 5.51. The molecule has 1 saturated carbocycles. The van der Waals surface area contributed by atoms with E-state index in [0.717, 1.165) is 30.7 Å². The average Bonchev–Trinajstić information content (AvgIpc) is 3.37. The molecule has 136 valence electrons. The molecule has 0 saturated heterocycles. The van der Waals surface area contributed by atoms with Crippen molar-refractivity contribution in [1.82, 2.24) is 15.5 Å². The number of nitrogens with one attached hydrogen (secondary N) is 2. The Balaban J connectivity index is 0.00000288. The molecule has 1 aliphatic rings. The Morgan fingerprint density at radius 3 is 2.58 bits per heavy atom. The Bertz CT molecular complexity index is 517. The first-order valence-corrected chi connectivity index (χ1v) is 8.47. The van der Waals surface area contributed by atoms with Gasteiger partial charge in [-0.15, -0.1) is 24.0 Å². The molecule has 2 N–H and O–H groups in total. The van der Waals surface area contributed by atoms with Gasteiger partial charge in [0.1, 0.15) is 5.75 Å². The fourth-order valence-corrected chi connectivity index (χ4v) is 2.56. The minimum atomic E-state index is 0. The quantitative estimate of drug-likeness (QED) is 0.367. The van der Waals surface area contributed by atoms with Crippen molar-refractivity contribution in [2.45, 2.75) is 25.8 Å². The SMILES string of the molecule is CCNC(=NCC(c1ccccc1OC)N(C)C)NCC1CC1.I. The van der Waals surface area contributed by atoms with Crippen LogP contribution in [0.5, 0.6) is 5.75 Å². The zero-order valence-corrected chi connectivity index (χ0v) is 17.5. The lowest BCUT2D eigenvalue weighted by atomic mass is 10.0. The number of halogens is 1. The Labute approximate surface area is 163 Å². The van der Waals surface area contributed by atoms with Crippen LogP contribution in [-0.4, -0.2) is 51.7 Å². The molecule has 1 aromatic carbocycles. The summed E-state index contributed by atoms with van der Waals surface area (Å²) in [4.78, 5) is 6.97. The molecule has 0 heterocycles. The highest BCUT2D eigenvalue weighted by molar-refractivity contribution is 14.0. The number of hydrogen-bond donors (Lipinski definition) is 2. The zero-order valence-electron chi connectivity index (χ0n) is 15.2. The second-order valence-electron chi connectivity index (χ2n) is 6.27. The van der Waals surface area contributed by atoms with Gasteiger partial charge in [-0.1, -0.05) is 18.2 Å². The third-order valence-electron chi connectivity index (χ3n) is 4.14. The predicted octanol–water partition coefficient (Wildman–Crippen LogP) is 2.88. The van der Waals surface area contributed by atoms with Crippen molar-refractivity contribution in [2.24, 2.45) is 10.9 Å². The number of nitrogens with zero attached hydrogens (tertiary/aromatic N) is 2. The Kier molecular flexibility index (Phi) is 9.43. The largest absolute Gasteiger partial charge is 0.496 e. The van der Waals surface area contributed by atoms with Crippen LogP contribution in [0.4, 0.5) is 0 Å². The van der Waals surface area contributed by atoms with Crippen LogP contribution in [0, 0.1) is 5.92 Å². The molecule has 6 heteroatoms. The summed E-state index contributed by atoms with van der Waals surface area (Å²) < 4.78 is 5.51. The van der Waals surface area contributed by atoms with Gasteiger partial charge in [-0.2, -0.15) is 0 Å². The minimum Gasteiger partial charge on any atom is -0.496 e. The second kappa shape index (κ2) is 10.8. The summed E-state index contributed by atoms with van der Waals surface area (Å²) in [7, 11) is 5.88. The van der Waals surface area contributed by atoms with Crippen LogP contribution in [0.2, 0.25) is 0 Å². The van der Waals surface area contributed by atoms with E-state index >= 15 is 0 Å². The van der Waals surface area contributed by atoms with Crippen LogP contribution in [-0.2, 0) is 0 Å². The fourth-order valence-electron chi connectivity index (χ4n) is 2.56. The molecule has 0 bridgehead atoms. The van der Waals surface area contributed by atoms with Crippen molar-refractivity contribution in [3.63, 3.8) is 0 Å². The second-order valence-corrected chi connectivity index (χ2v) is 6.27. The maximum absolute atomic E-state index is 5.51. The summed E-state index contributed by atoms with van der Waals surface area (Å²) in [6.07, 6.45) is 2.68. The van der Waals surface area contributed by atoms with Gasteiger partial charge in [0.25, 0.3) is 0 Å². The molecule has 1 unspecified atom stereocenters. The van der Waals surface area contributed by atoms with Crippen LogP contribution in [0.1, 0.15) is 31.4 Å². The van der Waals surface area contributed by atoms with Gasteiger partial charge in [0.15, 0.2) is 5.96 Å². The van der Waals surface area contributed by atoms with Gasteiger partial charge in [0, 0.05) is 18.7 Å². The summed E-state index contributed by atoms with van der Waals surface area (Å²) in [5.74, 6) is 2.65.